The third kappa shape index (κ3) is 4.22. The Morgan fingerprint density at radius 1 is 1.35 bits per heavy atom. The lowest BCUT2D eigenvalue weighted by Crippen LogP contribution is -2.27. The fraction of sp³-hybridized carbons (Fsp3) is 0.533. The van der Waals surface area contributed by atoms with E-state index in [2.05, 4.69) is 6.92 Å². The molecule has 0 aromatic carbocycles. The number of carbonyl (C=O) groups excluding carboxylic acids is 1. The van der Waals surface area contributed by atoms with E-state index >= 15 is 0 Å². The molecule has 0 bridgehead atoms. The predicted octanol–water partition coefficient (Wildman–Crippen LogP) is 3.94. The minimum absolute atomic E-state index is 0.235. The molecule has 2 heteroatoms. The summed E-state index contributed by atoms with van der Waals surface area (Å²) >= 11 is 0. The first-order chi connectivity index (χ1) is 7.98. The molecule has 1 rings (SSSR count). The van der Waals surface area contributed by atoms with Crippen molar-refractivity contribution in [2.75, 3.05) is 0 Å². The van der Waals surface area contributed by atoms with Gasteiger partial charge in [0.05, 0.1) is 5.57 Å². The number of esters is 1. The Morgan fingerprint density at radius 3 is 2.65 bits per heavy atom. The first-order valence-corrected chi connectivity index (χ1v) is 6.28. The van der Waals surface area contributed by atoms with E-state index in [1.807, 2.05) is 45.1 Å². The van der Waals surface area contributed by atoms with Crippen LogP contribution < -0.4 is 0 Å². The van der Waals surface area contributed by atoms with Crippen molar-refractivity contribution in [3.05, 3.63) is 35.5 Å². The molecule has 0 amide bonds. The minimum atomic E-state index is -0.393. The van der Waals surface area contributed by atoms with Crippen molar-refractivity contribution in [3.63, 3.8) is 0 Å². The highest BCUT2D eigenvalue weighted by Gasteiger charge is 2.21. The van der Waals surface area contributed by atoms with Crippen LogP contribution in [0.3, 0.4) is 0 Å². The number of hydrogen-bond donors (Lipinski definition) is 0. The Kier molecular flexibility index (Phi) is 4.73. The van der Waals surface area contributed by atoms with Gasteiger partial charge in [-0.3, -0.25) is 0 Å². The average Bonchev–Trinajstić information content (AvgIpc) is 2.53. The lowest BCUT2D eigenvalue weighted by atomic mass is 10.1. The van der Waals surface area contributed by atoms with E-state index in [4.69, 9.17) is 4.74 Å². The molecule has 0 aromatic rings. The Balaban J connectivity index is 2.77. The highest BCUT2D eigenvalue weighted by atomic mass is 16.6. The zero-order valence-electron chi connectivity index (χ0n) is 11.2. The second-order valence-electron chi connectivity index (χ2n) is 4.91. The molecule has 0 fully saturated rings. The summed E-state index contributed by atoms with van der Waals surface area (Å²) in [5.41, 5.74) is 1.57. The monoisotopic (exact) mass is 234 g/mol. The molecule has 17 heavy (non-hydrogen) atoms. The lowest BCUT2D eigenvalue weighted by molar-refractivity contribution is -0.151. The molecule has 1 aliphatic rings. The van der Waals surface area contributed by atoms with Crippen LogP contribution in [-0.2, 0) is 9.53 Å². The second-order valence-corrected chi connectivity index (χ2v) is 4.91. The fourth-order valence-electron chi connectivity index (χ4n) is 1.45. The quantitative estimate of drug-likeness (QED) is 0.689. The number of ether oxygens (including phenoxy) is 1. The van der Waals surface area contributed by atoms with Gasteiger partial charge in [0, 0.05) is 0 Å². The van der Waals surface area contributed by atoms with Gasteiger partial charge >= 0.3 is 5.97 Å². The van der Waals surface area contributed by atoms with Crippen LogP contribution in [0, 0.1) is 0 Å². The maximum Gasteiger partial charge on any atom is 0.338 e. The molecule has 0 saturated carbocycles. The fourth-order valence-corrected chi connectivity index (χ4v) is 1.45. The molecule has 0 radical (unpaired) electrons. The lowest BCUT2D eigenvalue weighted by Gasteiger charge is -2.23. The highest BCUT2D eigenvalue weighted by Crippen LogP contribution is 2.19. The van der Waals surface area contributed by atoms with E-state index in [-0.39, 0.29) is 5.97 Å². The third-order valence-corrected chi connectivity index (χ3v) is 3.09. The van der Waals surface area contributed by atoms with Crippen molar-refractivity contribution in [2.24, 2.45) is 0 Å². The topological polar surface area (TPSA) is 26.3 Å². The molecule has 0 atom stereocenters. The van der Waals surface area contributed by atoms with Crippen molar-refractivity contribution < 1.29 is 9.53 Å². The molecular weight excluding hydrogens is 212 g/mol. The smallest absolute Gasteiger partial charge is 0.338 e. The van der Waals surface area contributed by atoms with Gasteiger partial charge in [0.1, 0.15) is 5.60 Å². The van der Waals surface area contributed by atoms with Crippen LogP contribution >= 0.6 is 0 Å². The van der Waals surface area contributed by atoms with Crippen molar-refractivity contribution in [2.45, 2.75) is 52.6 Å². The zero-order chi connectivity index (χ0) is 12.9. The molecule has 0 spiro atoms. The van der Waals surface area contributed by atoms with Crippen molar-refractivity contribution >= 4 is 5.97 Å². The van der Waals surface area contributed by atoms with E-state index in [1.54, 1.807) is 0 Å². The molecule has 0 aromatic heterocycles. The second kappa shape index (κ2) is 5.85. The molecule has 2 nitrogen and oxygen atoms in total. The van der Waals surface area contributed by atoms with Crippen molar-refractivity contribution in [1.82, 2.24) is 0 Å². The van der Waals surface area contributed by atoms with E-state index < -0.39 is 5.60 Å². The SMILES string of the molecule is CCC1=CC=C(C(=O)OC(C)(C)CC)C=CC1. The average molecular weight is 234 g/mol. The summed E-state index contributed by atoms with van der Waals surface area (Å²) in [6.45, 7) is 8.00. The number of carbonyl (C=O) groups is 1. The number of allylic oxidation sites excluding steroid dienone is 4. The van der Waals surface area contributed by atoms with Gasteiger partial charge in [-0.15, -0.1) is 0 Å². The van der Waals surface area contributed by atoms with Crippen LogP contribution in [0.15, 0.2) is 35.5 Å². The molecule has 0 aliphatic heterocycles. The van der Waals surface area contributed by atoms with Crippen molar-refractivity contribution in [1.29, 1.82) is 0 Å². The van der Waals surface area contributed by atoms with Gasteiger partial charge in [0.15, 0.2) is 0 Å². The molecular formula is C15H22O2. The van der Waals surface area contributed by atoms with E-state index in [0.717, 1.165) is 19.3 Å². The Hall–Kier alpha value is -1.31. The van der Waals surface area contributed by atoms with Gasteiger partial charge in [-0.1, -0.05) is 37.6 Å². The predicted molar refractivity (Wildman–Crippen MR) is 70.7 cm³/mol. The van der Waals surface area contributed by atoms with Gasteiger partial charge in [-0.05, 0) is 39.2 Å². The van der Waals surface area contributed by atoms with Crippen LogP contribution in [0.5, 0.6) is 0 Å². The number of rotatable bonds is 4. The number of hydrogen-bond acceptors (Lipinski definition) is 2. The van der Waals surface area contributed by atoms with Crippen LogP contribution in [0.1, 0.15) is 47.0 Å². The Morgan fingerprint density at radius 2 is 2.06 bits per heavy atom. The van der Waals surface area contributed by atoms with E-state index in [1.165, 1.54) is 5.57 Å². The molecule has 94 valence electrons. The molecule has 0 saturated heterocycles. The minimum Gasteiger partial charge on any atom is -0.456 e. The van der Waals surface area contributed by atoms with E-state index in [9.17, 15) is 4.79 Å². The van der Waals surface area contributed by atoms with Crippen LogP contribution in [0.25, 0.3) is 0 Å². The van der Waals surface area contributed by atoms with Gasteiger partial charge in [-0.2, -0.15) is 0 Å². The summed E-state index contributed by atoms with van der Waals surface area (Å²) in [7, 11) is 0. The van der Waals surface area contributed by atoms with Crippen LogP contribution in [0.2, 0.25) is 0 Å². The zero-order valence-corrected chi connectivity index (χ0v) is 11.2. The van der Waals surface area contributed by atoms with E-state index in [0.29, 0.717) is 5.57 Å². The molecule has 0 N–H and O–H groups in total. The van der Waals surface area contributed by atoms with Gasteiger partial charge in [0.2, 0.25) is 0 Å². The summed E-state index contributed by atoms with van der Waals surface area (Å²) in [6, 6.07) is 0. The van der Waals surface area contributed by atoms with Gasteiger partial charge in [0.25, 0.3) is 0 Å². The first kappa shape index (κ1) is 13.8. The molecule has 1 aliphatic carbocycles. The Bertz CT molecular complexity index is 370. The van der Waals surface area contributed by atoms with Crippen LogP contribution in [-0.4, -0.2) is 11.6 Å². The third-order valence-electron chi connectivity index (χ3n) is 3.09. The highest BCUT2D eigenvalue weighted by molar-refractivity contribution is 5.92. The standard InChI is InChI=1S/C15H22O2/c1-5-12-8-7-9-13(11-10-12)14(16)17-15(3,4)6-2/h7,9-11H,5-6,8H2,1-4H3. The maximum absolute atomic E-state index is 11.9. The summed E-state index contributed by atoms with van der Waals surface area (Å²) in [5.74, 6) is -0.235. The van der Waals surface area contributed by atoms with Crippen LogP contribution in [0.4, 0.5) is 0 Å². The maximum atomic E-state index is 11.9. The summed E-state index contributed by atoms with van der Waals surface area (Å²) < 4.78 is 5.46. The molecule has 0 heterocycles. The summed E-state index contributed by atoms with van der Waals surface area (Å²) in [5, 5.41) is 0. The van der Waals surface area contributed by atoms with Gasteiger partial charge in [-0.25, -0.2) is 4.79 Å². The Labute approximate surface area is 104 Å². The van der Waals surface area contributed by atoms with Gasteiger partial charge < -0.3 is 4.74 Å². The summed E-state index contributed by atoms with van der Waals surface area (Å²) in [6.07, 6.45) is 10.5. The first-order valence-electron chi connectivity index (χ1n) is 6.28. The normalized spacial score (nSPS) is 16.0. The molecule has 0 unspecified atom stereocenters. The largest absolute Gasteiger partial charge is 0.456 e. The summed E-state index contributed by atoms with van der Waals surface area (Å²) in [4.78, 5) is 11.9. The van der Waals surface area contributed by atoms with Crippen molar-refractivity contribution in [3.8, 4) is 0 Å².